The average Bonchev–Trinajstić information content (AvgIpc) is 2.40. The highest BCUT2D eigenvalue weighted by atomic mass is 79.9. The van der Waals surface area contributed by atoms with Crippen LogP contribution in [0.2, 0.25) is 0 Å². The number of benzene rings is 2. The van der Waals surface area contributed by atoms with Crippen molar-refractivity contribution in [3.05, 3.63) is 64.6 Å². The minimum absolute atomic E-state index is 0.0705. The van der Waals surface area contributed by atoms with Gasteiger partial charge in [-0.1, -0.05) is 46.3 Å². The Hall–Kier alpha value is -1.61. The van der Waals surface area contributed by atoms with Gasteiger partial charge in [-0.05, 0) is 29.8 Å². The van der Waals surface area contributed by atoms with Gasteiger partial charge < -0.3 is 4.74 Å². The van der Waals surface area contributed by atoms with Gasteiger partial charge in [-0.15, -0.1) is 0 Å². The van der Waals surface area contributed by atoms with Crippen molar-refractivity contribution < 1.29 is 9.53 Å². The Balaban J connectivity index is 1.84. The predicted molar refractivity (Wildman–Crippen MR) is 74.8 cm³/mol. The van der Waals surface area contributed by atoms with Gasteiger partial charge in [-0.3, -0.25) is 4.79 Å². The van der Waals surface area contributed by atoms with Gasteiger partial charge in [0.2, 0.25) is 0 Å². The van der Waals surface area contributed by atoms with Crippen molar-refractivity contribution in [3.63, 3.8) is 0 Å². The molecule has 0 N–H and O–H groups in total. The molecule has 0 aliphatic heterocycles. The second kappa shape index (κ2) is 6.36. The number of ketones is 1. The van der Waals surface area contributed by atoms with Crippen LogP contribution in [0.15, 0.2) is 59.1 Å². The molecule has 2 aromatic rings. The molecule has 0 unspecified atom stereocenters. The lowest BCUT2D eigenvalue weighted by molar-refractivity contribution is -0.120. The van der Waals surface area contributed by atoms with Crippen LogP contribution in [0.5, 0.6) is 5.75 Å². The van der Waals surface area contributed by atoms with E-state index in [1.165, 1.54) is 0 Å². The molecule has 2 aromatic carbocycles. The van der Waals surface area contributed by atoms with Gasteiger partial charge in [0, 0.05) is 10.9 Å². The second-order valence-corrected chi connectivity index (χ2v) is 4.86. The maximum absolute atomic E-state index is 11.7. The third-order valence-electron chi connectivity index (χ3n) is 2.46. The fraction of sp³-hybridized carbons (Fsp3) is 0.133. The van der Waals surface area contributed by atoms with Crippen LogP contribution < -0.4 is 4.74 Å². The molecule has 0 bridgehead atoms. The van der Waals surface area contributed by atoms with Gasteiger partial charge in [-0.2, -0.15) is 0 Å². The molecular formula is C15H13BrO2. The normalized spacial score (nSPS) is 10.1. The first-order valence-corrected chi connectivity index (χ1v) is 6.47. The van der Waals surface area contributed by atoms with Gasteiger partial charge in [0.25, 0.3) is 0 Å². The first kappa shape index (κ1) is 12.8. The van der Waals surface area contributed by atoms with E-state index in [0.717, 1.165) is 15.8 Å². The molecule has 18 heavy (non-hydrogen) atoms. The summed E-state index contributed by atoms with van der Waals surface area (Å²) in [6.45, 7) is 0.111. The van der Waals surface area contributed by atoms with Crippen molar-refractivity contribution in [2.75, 3.05) is 6.61 Å². The number of carbonyl (C=O) groups excluding carboxylic acids is 1. The van der Waals surface area contributed by atoms with E-state index in [2.05, 4.69) is 15.9 Å². The highest BCUT2D eigenvalue weighted by Gasteiger charge is 2.04. The monoisotopic (exact) mass is 304 g/mol. The van der Waals surface area contributed by atoms with Gasteiger partial charge >= 0.3 is 0 Å². The third-order valence-corrected chi connectivity index (χ3v) is 2.99. The Kier molecular flexibility index (Phi) is 4.53. The smallest absolute Gasteiger partial charge is 0.174 e. The van der Waals surface area contributed by atoms with E-state index in [0.29, 0.717) is 6.42 Å². The van der Waals surface area contributed by atoms with Crippen LogP contribution in [-0.2, 0) is 11.2 Å². The summed E-state index contributed by atoms with van der Waals surface area (Å²) in [5, 5.41) is 0. The van der Waals surface area contributed by atoms with Crippen molar-refractivity contribution >= 4 is 21.7 Å². The predicted octanol–water partition coefficient (Wildman–Crippen LogP) is 3.64. The molecule has 0 aromatic heterocycles. The molecule has 0 aliphatic carbocycles. The Morgan fingerprint density at radius 1 is 1.00 bits per heavy atom. The summed E-state index contributed by atoms with van der Waals surface area (Å²) < 4.78 is 6.42. The summed E-state index contributed by atoms with van der Waals surface area (Å²) in [4.78, 5) is 11.7. The maximum atomic E-state index is 11.7. The standard InChI is InChI=1S/C15H13BrO2/c16-13-8-6-12(7-9-13)10-14(17)11-18-15-4-2-1-3-5-15/h1-9H,10-11H2. The van der Waals surface area contributed by atoms with Gasteiger partial charge in [0.05, 0.1) is 0 Å². The molecule has 0 radical (unpaired) electrons. The summed E-state index contributed by atoms with van der Waals surface area (Å²) >= 11 is 3.36. The molecule has 0 spiro atoms. The number of para-hydroxylation sites is 1. The van der Waals surface area contributed by atoms with Crippen LogP contribution in [-0.4, -0.2) is 12.4 Å². The summed E-state index contributed by atoms with van der Waals surface area (Å²) in [7, 11) is 0. The average molecular weight is 305 g/mol. The number of rotatable bonds is 5. The largest absolute Gasteiger partial charge is 0.486 e. The van der Waals surface area contributed by atoms with Gasteiger partial charge in [-0.25, -0.2) is 0 Å². The number of carbonyl (C=O) groups is 1. The second-order valence-electron chi connectivity index (χ2n) is 3.94. The molecule has 3 heteroatoms. The summed E-state index contributed by atoms with van der Waals surface area (Å²) in [5.74, 6) is 0.794. The summed E-state index contributed by atoms with van der Waals surface area (Å²) in [6.07, 6.45) is 0.403. The van der Waals surface area contributed by atoms with E-state index < -0.39 is 0 Å². The molecular weight excluding hydrogens is 292 g/mol. The summed E-state index contributed by atoms with van der Waals surface area (Å²) in [6, 6.07) is 17.1. The van der Waals surface area contributed by atoms with Crippen LogP contribution in [0, 0.1) is 0 Å². The molecule has 0 saturated carbocycles. The van der Waals surface area contributed by atoms with E-state index in [1.54, 1.807) is 0 Å². The molecule has 0 aliphatic rings. The molecule has 2 nitrogen and oxygen atoms in total. The van der Waals surface area contributed by atoms with Crippen molar-refractivity contribution in [2.45, 2.75) is 6.42 Å². The van der Waals surface area contributed by atoms with E-state index in [9.17, 15) is 4.79 Å². The third kappa shape index (κ3) is 4.00. The van der Waals surface area contributed by atoms with Gasteiger partial charge in [0.15, 0.2) is 5.78 Å². The Bertz CT molecular complexity index is 506. The topological polar surface area (TPSA) is 26.3 Å². The molecule has 0 saturated heterocycles. The number of ether oxygens (including phenoxy) is 1. The highest BCUT2D eigenvalue weighted by Crippen LogP contribution is 2.12. The first-order chi connectivity index (χ1) is 8.74. The molecule has 0 amide bonds. The fourth-order valence-corrected chi connectivity index (χ4v) is 1.83. The minimum Gasteiger partial charge on any atom is -0.486 e. The van der Waals surface area contributed by atoms with E-state index in [1.807, 2.05) is 54.6 Å². The summed E-state index contributed by atoms with van der Waals surface area (Å²) in [5.41, 5.74) is 1.000. The van der Waals surface area contributed by atoms with Crippen LogP contribution >= 0.6 is 15.9 Å². The van der Waals surface area contributed by atoms with Crippen LogP contribution in [0.25, 0.3) is 0 Å². The lowest BCUT2D eigenvalue weighted by atomic mass is 10.1. The number of halogens is 1. The lowest BCUT2D eigenvalue weighted by Gasteiger charge is -2.05. The highest BCUT2D eigenvalue weighted by molar-refractivity contribution is 9.10. The lowest BCUT2D eigenvalue weighted by Crippen LogP contribution is -2.13. The number of Topliss-reactive ketones (excluding diaryl/α,β-unsaturated/α-hetero) is 1. The number of hydrogen-bond donors (Lipinski definition) is 0. The van der Waals surface area contributed by atoms with Crippen LogP contribution in [0.4, 0.5) is 0 Å². The first-order valence-electron chi connectivity index (χ1n) is 5.68. The van der Waals surface area contributed by atoms with Crippen LogP contribution in [0.1, 0.15) is 5.56 Å². The molecule has 0 atom stereocenters. The Morgan fingerprint density at radius 3 is 2.33 bits per heavy atom. The van der Waals surface area contributed by atoms with Crippen LogP contribution in [0.3, 0.4) is 0 Å². The van der Waals surface area contributed by atoms with Crippen molar-refractivity contribution in [1.82, 2.24) is 0 Å². The molecule has 92 valence electrons. The maximum Gasteiger partial charge on any atom is 0.174 e. The van der Waals surface area contributed by atoms with E-state index >= 15 is 0 Å². The fourth-order valence-electron chi connectivity index (χ4n) is 1.56. The van der Waals surface area contributed by atoms with Crippen molar-refractivity contribution in [2.24, 2.45) is 0 Å². The number of hydrogen-bond acceptors (Lipinski definition) is 2. The SMILES string of the molecule is O=C(COc1ccccc1)Cc1ccc(Br)cc1. The Labute approximate surface area is 115 Å². The van der Waals surface area contributed by atoms with Crippen molar-refractivity contribution in [3.8, 4) is 5.75 Å². The molecule has 2 rings (SSSR count). The van der Waals surface area contributed by atoms with E-state index in [-0.39, 0.29) is 12.4 Å². The van der Waals surface area contributed by atoms with E-state index in [4.69, 9.17) is 4.74 Å². The zero-order valence-corrected chi connectivity index (χ0v) is 11.4. The molecule has 0 fully saturated rings. The zero-order valence-electron chi connectivity index (χ0n) is 9.80. The molecule has 0 heterocycles. The van der Waals surface area contributed by atoms with Crippen molar-refractivity contribution in [1.29, 1.82) is 0 Å². The Morgan fingerprint density at radius 2 is 1.67 bits per heavy atom. The van der Waals surface area contributed by atoms with Gasteiger partial charge in [0.1, 0.15) is 12.4 Å². The zero-order chi connectivity index (χ0) is 12.8. The minimum atomic E-state index is 0.0705. The quantitative estimate of drug-likeness (QED) is 0.843.